The van der Waals surface area contributed by atoms with Crippen LogP contribution in [-0.2, 0) is 6.42 Å². The number of carbonyl (C=O) groups is 1. The standard InChI is InChI=1S/C17H17BrO/c1-11-4-5-12(2)15(8-11)10-17(19)14-6-7-16(18)13(3)9-14/h4-9H,10H2,1-3H3. The first kappa shape index (κ1) is 14.0. The van der Waals surface area contributed by atoms with E-state index in [9.17, 15) is 4.79 Å². The lowest BCUT2D eigenvalue weighted by atomic mass is 9.97. The zero-order chi connectivity index (χ0) is 14.0. The maximum Gasteiger partial charge on any atom is 0.167 e. The summed E-state index contributed by atoms with van der Waals surface area (Å²) in [6, 6.07) is 12.0. The summed E-state index contributed by atoms with van der Waals surface area (Å²) in [5, 5.41) is 0. The molecular weight excluding hydrogens is 300 g/mol. The van der Waals surface area contributed by atoms with Crippen LogP contribution in [0.1, 0.15) is 32.6 Å². The van der Waals surface area contributed by atoms with E-state index in [4.69, 9.17) is 0 Å². The monoisotopic (exact) mass is 316 g/mol. The summed E-state index contributed by atoms with van der Waals surface area (Å²) in [5.41, 5.74) is 5.35. The molecule has 98 valence electrons. The average molecular weight is 317 g/mol. The number of Topliss-reactive ketones (excluding diaryl/α,β-unsaturated/α-hetero) is 1. The molecule has 19 heavy (non-hydrogen) atoms. The van der Waals surface area contributed by atoms with Gasteiger partial charge in [-0.1, -0.05) is 45.8 Å². The molecule has 0 aliphatic heterocycles. The van der Waals surface area contributed by atoms with Crippen molar-refractivity contribution in [3.8, 4) is 0 Å². The fraction of sp³-hybridized carbons (Fsp3) is 0.235. The predicted molar refractivity (Wildman–Crippen MR) is 82.8 cm³/mol. The van der Waals surface area contributed by atoms with E-state index >= 15 is 0 Å². The number of halogens is 1. The van der Waals surface area contributed by atoms with Crippen molar-refractivity contribution in [2.45, 2.75) is 27.2 Å². The molecule has 2 rings (SSSR count). The summed E-state index contributed by atoms with van der Waals surface area (Å²) in [6.07, 6.45) is 0.467. The summed E-state index contributed by atoms with van der Waals surface area (Å²) in [5.74, 6) is 0.171. The highest BCUT2D eigenvalue weighted by molar-refractivity contribution is 9.10. The summed E-state index contributed by atoms with van der Waals surface area (Å²) >= 11 is 3.46. The Morgan fingerprint density at radius 2 is 1.74 bits per heavy atom. The van der Waals surface area contributed by atoms with Crippen LogP contribution in [-0.4, -0.2) is 5.78 Å². The Labute approximate surface area is 122 Å². The van der Waals surface area contributed by atoms with Gasteiger partial charge in [-0.05, 0) is 49.6 Å². The maximum atomic E-state index is 12.3. The predicted octanol–water partition coefficient (Wildman–Crippen LogP) is 4.80. The Morgan fingerprint density at radius 3 is 2.42 bits per heavy atom. The average Bonchev–Trinajstić information content (AvgIpc) is 2.37. The normalized spacial score (nSPS) is 10.5. The van der Waals surface area contributed by atoms with Gasteiger partial charge in [0.25, 0.3) is 0 Å². The molecule has 0 saturated carbocycles. The number of aryl methyl sites for hydroxylation is 3. The van der Waals surface area contributed by atoms with Crippen molar-refractivity contribution >= 4 is 21.7 Å². The molecule has 0 unspecified atom stereocenters. The summed E-state index contributed by atoms with van der Waals surface area (Å²) in [4.78, 5) is 12.3. The molecule has 0 amide bonds. The number of carbonyl (C=O) groups excluding carboxylic acids is 1. The Hall–Kier alpha value is -1.41. The SMILES string of the molecule is Cc1ccc(C)c(CC(=O)c2ccc(Br)c(C)c2)c1. The van der Waals surface area contributed by atoms with Gasteiger partial charge in [-0.2, -0.15) is 0 Å². The number of ketones is 1. The van der Waals surface area contributed by atoms with Gasteiger partial charge < -0.3 is 0 Å². The van der Waals surface area contributed by atoms with Gasteiger partial charge in [0, 0.05) is 16.5 Å². The Bertz CT molecular complexity index is 629. The van der Waals surface area contributed by atoms with Crippen molar-refractivity contribution in [2.24, 2.45) is 0 Å². The van der Waals surface area contributed by atoms with Gasteiger partial charge in [0.1, 0.15) is 0 Å². The van der Waals surface area contributed by atoms with E-state index in [2.05, 4.69) is 48.0 Å². The lowest BCUT2D eigenvalue weighted by molar-refractivity contribution is 0.0992. The number of benzene rings is 2. The van der Waals surface area contributed by atoms with E-state index in [1.807, 2.05) is 25.1 Å². The van der Waals surface area contributed by atoms with Crippen LogP contribution in [0.4, 0.5) is 0 Å². The first-order valence-corrected chi connectivity index (χ1v) is 7.12. The molecule has 0 N–H and O–H groups in total. The minimum atomic E-state index is 0.171. The highest BCUT2D eigenvalue weighted by atomic mass is 79.9. The molecule has 0 aliphatic carbocycles. The highest BCUT2D eigenvalue weighted by Gasteiger charge is 2.10. The van der Waals surface area contributed by atoms with Crippen LogP contribution < -0.4 is 0 Å². The van der Waals surface area contributed by atoms with Crippen LogP contribution in [0.2, 0.25) is 0 Å². The molecule has 0 radical (unpaired) electrons. The number of rotatable bonds is 3. The van der Waals surface area contributed by atoms with Crippen molar-refractivity contribution in [1.29, 1.82) is 0 Å². The molecule has 0 spiro atoms. The van der Waals surface area contributed by atoms with Crippen LogP contribution >= 0.6 is 15.9 Å². The van der Waals surface area contributed by atoms with Crippen LogP contribution in [0.15, 0.2) is 40.9 Å². The van der Waals surface area contributed by atoms with Crippen LogP contribution in [0.3, 0.4) is 0 Å². The molecule has 2 aromatic rings. The van der Waals surface area contributed by atoms with Crippen molar-refractivity contribution in [3.05, 3.63) is 68.7 Å². The molecule has 0 fully saturated rings. The first-order valence-electron chi connectivity index (χ1n) is 6.33. The first-order chi connectivity index (χ1) is 8.97. The van der Waals surface area contributed by atoms with Gasteiger partial charge in [-0.3, -0.25) is 4.79 Å². The third-order valence-corrected chi connectivity index (χ3v) is 4.23. The highest BCUT2D eigenvalue weighted by Crippen LogP contribution is 2.19. The maximum absolute atomic E-state index is 12.3. The molecule has 0 heterocycles. The lowest BCUT2D eigenvalue weighted by Crippen LogP contribution is -2.05. The van der Waals surface area contributed by atoms with E-state index < -0.39 is 0 Å². The van der Waals surface area contributed by atoms with E-state index in [-0.39, 0.29) is 5.78 Å². The van der Waals surface area contributed by atoms with Crippen LogP contribution in [0.25, 0.3) is 0 Å². The molecule has 2 aromatic carbocycles. The molecule has 0 bridgehead atoms. The lowest BCUT2D eigenvalue weighted by Gasteiger charge is -2.08. The molecule has 0 aromatic heterocycles. The molecular formula is C17H17BrO. The minimum absolute atomic E-state index is 0.171. The Kier molecular flexibility index (Phi) is 4.20. The largest absolute Gasteiger partial charge is 0.294 e. The molecule has 2 heteroatoms. The van der Waals surface area contributed by atoms with Gasteiger partial charge >= 0.3 is 0 Å². The third-order valence-electron chi connectivity index (χ3n) is 3.34. The van der Waals surface area contributed by atoms with Crippen molar-refractivity contribution in [3.63, 3.8) is 0 Å². The third kappa shape index (κ3) is 3.32. The van der Waals surface area contributed by atoms with E-state index in [0.29, 0.717) is 6.42 Å². The number of hydrogen-bond acceptors (Lipinski definition) is 1. The zero-order valence-electron chi connectivity index (χ0n) is 11.5. The van der Waals surface area contributed by atoms with Gasteiger partial charge in [-0.15, -0.1) is 0 Å². The topological polar surface area (TPSA) is 17.1 Å². The molecule has 0 atom stereocenters. The summed E-state index contributed by atoms with van der Waals surface area (Å²) in [6.45, 7) is 6.10. The van der Waals surface area contributed by atoms with Gasteiger partial charge in [0.2, 0.25) is 0 Å². The van der Waals surface area contributed by atoms with Crippen LogP contribution in [0.5, 0.6) is 0 Å². The second-order valence-electron chi connectivity index (χ2n) is 4.99. The van der Waals surface area contributed by atoms with E-state index in [1.54, 1.807) is 0 Å². The summed E-state index contributed by atoms with van der Waals surface area (Å²) in [7, 11) is 0. The van der Waals surface area contributed by atoms with Gasteiger partial charge in [0.05, 0.1) is 0 Å². The molecule has 1 nitrogen and oxygen atoms in total. The second-order valence-corrected chi connectivity index (χ2v) is 5.85. The summed E-state index contributed by atoms with van der Waals surface area (Å²) < 4.78 is 1.04. The zero-order valence-corrected chi connectivity index (χ0v) is 13.0. The Balaban J connectivity index is 2.25. The smallest absolute Gasteiger partial charge is 0.167 e. The quantitative estimate of drug-likeness (QED) is 0.743. The fourth-order valence-corrected chi connectivity index (χ4v) is 2.33. The van der Waals surface area contributed by atoms with Gasteiger partial charge in [0.15, 0.2) is 5.78 Å². The molecule has 0 saturated heterocycles. The van der Waals surface area contributed by atoms with E-state index in [0.717, 1.165) is 21.2 Å². The Morgan fingerprint density at radius 1 is 1.00 bits per heavy atom. The second kappa shape index (κ2) is 5.70. The van der Waals surface area contributed by atoms with Crippen molar-refractivity contribution in [2.75, 3.05) is 0 Å². The van der Waals surface area contributed by atoms with E-state index in [1.165, 1.54) is 11.1 Å². The molecule has 0 aliphatic rings. The minimum Gasteiger partial charge on any atom is -0.294 e. The number of hydrogen-bond donors (Lipinski definition) is 0. The van der Waals surface area contributed by atoms with Crippen molar-refractivity contribution in [1.82, 2.24) is 0 Å². The van der Waals surface area contributed by atoms with Crippen molar-refractivity contribution < 1.29 is 4.79 Å². The van der Waals surface area contributed by atoms with Crippen LogP contribution in [0, 0.1) is 20.8 Å². The van der Waals surface area contributed by atoms with Gasteiger partial charge in [-0.25, -0.2) is 0 Å². The fourth-order valence-electron chi connectivity index (χ4n) is 2.08.